The van der Waals surface area contributed by atoms with Gasteiger partial charge in [-0.3, -0.25) is 23.2 Å². The van der Waals surface area contributed by atoms with Gasteiger partial charge in [0.05, 0.1) is 12.7 Å². The number of carbonyl (C=O) groups excluding carboxylic acids is 2. The van der Waals surface area contributed by atoms with E-state index < -0.39 is 89.6 Å². The zero-order valence-electron chi connectivity index (χ0n) is 39.0. The van der Waals surface area contributed by atoms with Gasteiger partial charge in [0.25, 0.3) is 0 Å². The summed E-state index contributed by atoms with van der Waals surface area (Å²) in [6.45, 7) is 2.91. The van der Waals surface area contributed by atoms with E-state index in [9.17, 15) is 49.1 Å². The molecule has 1 aliphatic carbocycles. The van der Waals surface area contributed by atoms with Gasteiger partial charge in [0, 0.05) is 12.8 Å². The number of allylic oxidation sites excluding steroid dienone is 10. The molecule has 0 aromatic heterocycles. The van der Waals surface area contributed by atoms with E-state index in [0.29, 0.717) is 32.1 Å². The van der Waals surface area contributed by atoms with Crippen LogP contribution in [-0.4, -0.2) is 114 Å². The maximum Gasteiger partial charge on any atom is 0.472 e. The van der Waals surface area contributed by atoms with Crippen LogP contribution in [0.5, 0.6) is 0 Å². The highest BCUT2D eigenvalue weighted by molar-refractivity contribution is 7.47. The highest BCUT2D eigenvalue weighted by Crippen LogP contribution is 2.49. The average Bonchev–Trinajstić information content (AvgIpc) is 3.27. The van der Waals surface area contributed by atoms with Crippen LogP contribution in [0.4, 0.5) is 0 Å². The van der Waals surface area contributed by atoms with Crippen molar-refractivity contribution < 1.29 is 82.0 Å². The Bertz CT molecular complexity index is 1570. The Morgan fingerprint density at radius 1 is 0.561 bits per heavy atom. The highest BCUT2D eigenvalue weighted by Gasteiger charge is 2.54. The molecular weight excluding hydrogens is 898 g/mol. The second-order valence-corrected chi connectivity index (χ2v) is 18.9. The first kappa shape index (κ1) is 61.4. The predicted octanol–water partition coefficient (Wildman–Crippen LogP) is 7.81. The number of carbonyl (C=O) groups is 2. The number of phosphoric ester groups is 2. The zero-order valence-corrected chi connectivity index (χ0v) is 40.7. The first-order valence-electron chi connectivity index (χ1n) is 23.6. The van der Waals surface area contributed by atoms with Crippen LogP contribution >= 0.6 is 15.6 Å². The number of aliphatic hydroxyl groups is 5. The molecule has 0 aromatic carbocycles. The van der Waals surface area contributed by atoms with Crippen LogP contribution in [-0.2, 0) is 41.8 Å². The van der Waals surface area contributed by atoms with Crippen LogP contribution in [0.1, 0.15) is 149 Å². The minimum atomic E-state index is -5.38. The maximum atomic E-state index is 13.0. The van der Waals surface area contributed by atoms with Gasteiger partial charge in [0.15, 0.2) is 6.10 Å². The third kappa shape index (κ3) is 31.4. The number of esters is 2. The van der Waals surface area contributed by atoms with Crippen molar-refractivity contribution in [2.45, 2.75) is 198 Å². The summed E-state index contributed by atoms with van der Waals surface area (Å²) in [5.74, 6) is -1.33. The molecule has 0 bridgehead atoms. The first-order valence-corrected chi connectivity index (χ1v) is 26.6. The van der Waals surface area contributed by atoms with Crippen LogP contribution in [0.2, 0.25) is 0 Å². The van der Waals surface area contributed by atoms with Gasteiger partial charge in [-0.15, -0.1) is 0 Å². The molecule has 9 atom stereocenters. The molecular formula is C47H80O17P2. The van der Waals surface area contributed by atoms with E-state index in [0.717, 1.165) is 57.8 Å². The molecule has 8 N–H and O–H groups in total. The molecule has 0 amide bonds. The zero-order chi connectivity index (χ0) is 49.1. The van der Waals surface area contributed by atoms with E-state index in [4.69, 9.17) is 28.3 Å². The average molecular weight is 979 g/mol. The normalized spacial score (nSPS) is 22.6. The molecule has 5 unspecified atom stereocenters. The standard InChI is InChI=1S/C47H80O17P2/c1-3-5-7-9-11-12-13-14-15-16-17-18-22-26-30-34-40(49)60-36-39(37-61-66(58,59)64-47-44(53)42(51)43(52)46(45(47)54)63-65(55,56)57)62-41(50)35-31-27-23-20-19-21-25-29-33-38(48)32-28-24-10-8-6-4-2/h11-12,14-15,20-21,23-25,28-29,33,38-39,42-48,51-54H,3-10,13,16-19,22,26-27,30-32,34-37H2,1-2H3,(H,58,59)(H2,55,56,57)/b12-11-,15-14-,23-20-,25-21-,28-24-,33-29+/t38-,39+,42?,43?,44?,45?,46+,47-/m0/s1. The molecule has 66 heavy (non-hydrogen) atoms. The lowest BCUT2D eigenvalue weighted by molar-refractivity contribution is -0.216. The highest BCUT2D eigenvalue weighted by atomic mass is 31.2. The predicted molar refractivity (Wildman–Crippen MR) is 252 cm³/mol. The molecule has 0 aliphatic heterocycles. The SMILES string of the molecule is CCCCC/C=C\C/C=C\CCCCCCCC(=O)OC[C@H](COP(=O)(O)O[C@H]1C(O)C(O)C(O)[C@@H](OP(=O)(O)O)C1O)OC(=O)CCC/C=C\C/C=C\C=C\[C@@H](O)C/C=C\CCCCC. The second-order valence-electron chi connectivity index (χ2n) is 16.3. The van der Waals surface area contributed by atoms with Gasteiger partial charge in [0.2, 0.25) is 0 Å². The van der Waals surface area contributed by atoms with Gasteiger partial charge in [0.1, 0.15) is 43.2 Å². The van der Waals surface area contributed by atoms with Gasteiger partial charge < -0.3 is 49.7 Å². The third-order valence-corrected chi connectivity index (χ3v) is 11.8. The number of phosphoric acid groups is 2. The van der Waals surface area contributed by atoms with E-state index in [1.54, 1.807) is 12.2 Å². The van der Waals surface area contributed by atoms with Crippen molar-refractivity contribution in [3.8, 4) is 0 Å². The lowest BCUT2D eigenvalue weighted by Gasteiger charge is -2.43. The molecule has 0 aromatic rings. The van der Waals surface area contributed by atoms with Crippen LogP contribution in [0.15, 0.2) is 72.9 Å². The summed E-state index contributed by atoms with van der Waals surface area (Å²) in [6.07, 6.45) is 26.0. The Hall–Kier alpha value is -2.60. The van der Waals surface area contributed by atoms with Gasteiger partial charge in [-0.05, 0) is 77.0 Å². The van der Waals surface area contributed by atoms with Crippen LogP contribution in [0.3, 0.4) is 0 Å². The molecule has 0 spiro atoms. The summed E-state index contributed by atoms with van der Waals surface area (Å²) >= 11 is 0. The van der Waals surface area contributed by atoms with E-state index in [1.165, 1.54) is 32.1 Å². The fourth-order valence-electron chi connectivity index (χ4n) is 6.60. The third-order valence-electron chi connectivity index (χ3n) is 10.3. The molecule has 380 valence electrons. The summed E-state index contributed by atoms with van der Waals surface area (Å²) in [5.41, 5.74) is 0. The lowest BCUT2D eigenvalue weighted by Crippen LogP contribution is -2.64. The van der Waals surface area contributed by atoms with Crippen LogP contribution in [0.25, 0.3) is 0 Å². The topological polar surface area (TPSA) is 276 Å². The van der Waals surface area contributed by atoms with E-state index in [1.807, 2.05) is 30.4 Å². The van der Waals surface area contributed by atoms with Crippen molar-refractivity contribution in [2.24, 2.45) is 0 Å². The molecule has 1 aliphatic rings. The minimum absolute atomic E-state index is 0.0703. The van der Waals surface area contributed by atoms with E-state index in [2.05, 4.69) is 48.8 Å². The Morgan fingerprint density at radius 2 is 1.08 bits per heavy atom. The number of hydrogen-bond donors (Lipinski definition) is 8. The van der Waals surface area contributed by atoms with Crippen molar-refractivity contribution in [1.82, 2.24) is 0 Å². The summed E-state index contributed by atoms with van der Waals surface area (Å²) in [6, 6.07) is 0. The van der Waals surface area contributed by atoms with Gasteiger partial charge in [-0.2, -0.15) is 0 Å². The molecule has 17 nitrogen and oxygen atoms in total. The summed E-state index contributed by atoms with van der Waals surface area (Å²) in [7, 11) is -10.7. The monoisotopic (exact) mass is 978 g/mol. The summed E-state index contributed by atoms with van der Waals surface area (Å²) in [5, 5.41) is 51.3. The smallest absolute Gasteiger partial charge is 0.462 e. The Balaban J connectivity index is 2.69. The number of aliphatic hydroxyl groups excluding tert-OH is 5. The number of ether oxygens (including phenoxy) is 2. The molecule has 1 saturated carbocycles. The second kappa shape index (κ2) is 37.3. The van der Waals surface area contributed by atoms with E-state index in [-0.39, 0.29) is 12.8 Å². The van der Waals surface area contributed by atoms with Gasteiger partial charge >= 0.3 is 27.6 Å². The Kier molecular flexibility index (Phi) is 34.7. The Labute approximate surface area is 392 Å². The first-order chi connectivity index (χ1) is 31.5. The van der Waals surface area contributed by atoms with Gasteiger partial charge in [-0.25, -0.2) is 9.13 Å². The number of rotatable bonds is 38. The number of unbranched alkanes of at least 4 members (excludes halogenated alkanes) is 12. The minimum Gasteiger partial charge on any atom is -0.462 e. The number of hydrogen-bond acceptors (Lipinski definition) is 14. The molecule has 1 rings (SSSR count). The largest absolute Gasteiger partial charge is 0.472 e. The molecule has 0 saturated heterocycles. The Morgan fingerprint density at radius 3 is 1.68 bits per heavy atom. The van der Waals surface area contributed by atoms with E-state index >= 15 is 0 Å². The van der Waals surface area contributed by atoms with Crippen molar-refractivity contribution in [3.63, 3.8) is 0 Å². The van der Waals surface area contributed by atoms with Crippen molar-refractivity contribution in [2.75, 3.05) is 13.2 Å². The van der Waals surface area contributed by atoms with Crippen LogP contribution in [0, 0.1) is 0 Å². The quantitative estimate of drug-likeness (QED) is 0.00963. The fourth-order valence-corrected chi connectivity index (χ4v) is 8.14. The van der Waals surface area contributed by atoms with Crippen molar-refractivity contribution in [3.05, 3.63) is 72.9 Å². The lowest BCUT2D eigenvalue weighted by atomic mass is 9.85. The molecule has 1 fully saturated rings. The summed E-state index contributed by atoms with van der Waals surface area (Å²) < 4.78 is 49.2. The summed E-state index contributed by atoms with van der Waals surface area (Å²) in [4.78, 5) is 54.2. The fraction of sp³-hybridized carbons (Fsp3) is 0.702. The van der Waals surface area contributed by atoms with Crippen LogP contribution < -0.4 is 0 Å². The molecule has 0 radical (unpaired) electrons. The van der Waals surface area contributed by atoms with Gasteiger partial charge in [-0.1, -0.05) is 132 Å². The molecule has 19 heteroatoms. The maximum absolute atomic E-state index is 13.0. The molecule has 0 heterocycles. The van der Waals surface area contributed by atoms with Crippen molar-refractivity contribution >= 4 is 27.6 Å². The van der Waals surface area contributed by atoms with Crippen molar-refractivity contribution in [1.29, 1.82) is 0 Å².